The van der Waals surface area contributed by atoms with Gasteiger partial charge in [0.2, 0.25) is 0 Å². The molecule has 0 radical (unpaired) electrons. The molecule has 2 aromatic rings. The number of hydrogen-bond acceptors (Lipinski definition) is 3. The molecule has 0 aliphatic heterocycles. The van der Waals surface area contributed by atoms with Crippen molar-refractivity contribution in [1.82, 2.24) is 0 Å². The molecule has 0 fully saturated rings. The Morgan fingerprint density at radius 1 is 1.47 bits per heavy atom. The van der Waals surface area contributed by atoms with Gasteiger partial charge in [-0.1, -0.05) is 6.92 Å². The number of carboxylic acids is 1. The standard InChI is InChI=1S/C13H14O4/c1-3-10(13(14)15)12-7-8-6-9(16-2)4-5-11(8)17-12/h4-7,10H,3H2,1-2H3,(H,14,15). The van der Waals surface area contributed by atoms with Gasteiger partial charge >= 0.3 is 5.97 Å². The molecule has 1 aromatic carbocycles. The summed E-state index contributed by atoms with van der Waals surface area (Å²) in [6.45, 7) is 1.83. The van der Waals surface area contributed by atoms with Crippen LogP contribution in [0.4, 0.5) is 0 Å². The molecule has 1 N–H and O–H groups in total. The summed E-state index contributed by atoms with van der Waals surface area (Å²) >= 11 is 0. The Hall–Kier alpha value is -1.97. The van der Waals surface area contributed by atoms with Crippen LogP contribution in [0.3, 0.4) is 0 Å². The van der Waals surface area contributed by atoms with E-state index in [0.29, 0.717) is 17.8 Å². The molecule has 0 saturated heterocycles. The number of benzene rings is 1. The summed E-state index contributed by atoms with van der Waals surface area (Å²) in [6, 6.07) is 7.17. The zero-order chi connectivity index (χ0) is 12.4. The lowest BCUT2D eigenvalue weighted by Gasteiger charge is -2.04. The molecule has 0 bridgehead atoms. The van der Waals surface area contributed by atoms with Gasteiger partial charge < -0.3 is 14.3 Å². The summed E-state index contributed by atoms with van der Waals surface area (Å²) in [5.74, 6) is -0.233. The van der Waals surface area contributed by atoms with Gasteiger partial charge in [-0.25, -0.2) is 0 Å². The monoisotopic (exact) mass is 234 g/mol. The molecule has 90 valence electrons. The first-order chi connectivity index (χ1) is 8.15. The first-order valence-corrected chi connectivity index (χ1v) is 5.46. The highest BCUT2D eigenvalue weighted by molar-refractivity contribution is 5.82. The van der Waals surface area contributed by atoms with E-state index in [1.54, 1.807) is 25.3 Å². The Balaban J connectivity index is 2.46. The number of ether oxygens (including phenoxy) is 1. The number of carbonyl (C=O) groups is 1. The van der Waals surface area contributed by atoms with Gasteiger partial charge in [-0.05, 0) is 30.7 Å². The first kappa shape index (κ1) is 11.5. The number of carboxylic acid groups (broad SMARTS) is 1. The molecule has 0 saturated carbocycles. The molecule has 1 atom stereocenters. The van der Waals surface area contributed by atoms with Crippen molar-refractivity contribution in [3.05, 3.63) is 30.0 Å². The second-order valence-corrected chi connectivity index (χ2v) is 3.85. The zero-order valence-corrected chi connectivity index (χ0v) is 9.77. The number of furan rings is 1. The van der Waals surface area contributed by atoms with Gasteiger partial charge in [-0.2, -0.15) is 0 Å². The fraction of sp³-hybridized carbons (Fsp3) is 0.308. The molecule has 1 unspecified atom stereocenters. The molecular weight excluding hydrogens is 220 g/mol. The molecule has 1 heterocycles. The van der Waals surface area contributed by atoms with Crippen molar-refractivity contribution >= 4 is 16.9 Å². The van der Waals surface area contributed by atoms with Crippen molar-refractivity contribution in [3.63, 3.8) is 0 Å². The minimum Gasteiger partial charge on any atom is -0.497 e. The van der Waals surface area contributed by atoms with E-state index in [1.807, 2.05) is 13.0 Å². The Kier molecular flexibility index (Phi) is 3.04. The van der Waals surface area contributed by atoms with Gasteiger partial charge in [0, 0.05) is 5.39 Å². The van der Waals surface area contributed by atoms with E-state index in [2.05, 4.69) is 0 Å². The van der Waals surface area contributed by atoms with E-state index in [-0.39, 0.29) is 0 Å². The Morgan fingerprint density at radius 3 is 2.82 bits per heavy atom. The van der Waals surface area contributed by atoms with Gasteiger partial charge in [0.25, 0.3) is 0 Å². The summed E-state index contributed by atoms with van der Waals surface area (Å²) in [6.07, 6.45) is 0.506. The summed E-state index contributed by atoms with van der Waals surface area (Å²) in [5.41, 5.74) is 0.681. The van der Waals surface area contributed by atoms with Crippen LogP contribution < -0.4 is 4.74 Å². The van der Waals surface area contributed by atoms with Crippen molar-refractivity contribution in [2.24, 2.45) is 0 Å². The van der Waals surface area contributed by atoms with Gasteiger partial charge in [0.05, 0.1) is 7.11 Å². The molecule has 0 aliphatic rings. The highest BCUT2D eigenvalue weighted by atomic mass is 16.5. The predicted molar refractivity (Wildman–Crippen MR) is 63.4 cm³/mol. The first-order valence-electron chi connectivity index (χ1n) is 5.46. The summed E-state index contributed by atoms with van der Waals surface area (Å²) in [4.78, 5) is 11.0. The minimum absolute atomic E-state index is 0.489. The average molecular weight is 234 g/mol. The molecule has 2 rings (SSSR count). The second kappa shape index (κ2) is 4.49. The number of rotatable bonds is 4. The maximum Gasteiger partial charge on any atom is 0.314 e. The molecule has 0 aliphatic carbocycles. The van der Waals surface area contributed by atoms with Crippen molar-refractivity contribution in [2.45, 2.75) is 19.3 Å². The minimum atomic E-state index is -0.862. The smallest absolute Gasteiger partial charge is 0.314 e. The fourth-order valence-electron chi connectivity index (χ4n) is 1.84. The normalized spacial score (nSPS) is 12.6. The van der Waals surface area contributed by atoms with Crippen LogP contribution in [0.2, 0.25) is 0 Å². The summed E-state index contributed by atoms with van der Waals surface area (Å²) in [7, 11) is 1.59. The maximum absolute atomic E-state index is 11.0. The fourth-order valence-corrected chi connectivity index (χ4v) is 1.84. The van der Waals surface area contributed by atoms with Crippen LogP contribution in [0.25, 0.3) is 11.0 Å². The van der Waals surface area contributed by atoms with Crippen molar-refractivity contribution < 1.29 is 19.1 Å². The molecule has 1 aromatic heterocycles. The van der Waals surface area contributed by atoms with Crippen LogP contribution in [0, 0.1) is 0 Å². The average Bonchev–Trinajstić information content (AvgIpc) is 2.71. The van der Waals surface area contributed by atoms with Gasteiger partial charge in [0.1, 0.15) is 23.0 Å². The van der Waals surface area contributed by atoms with Crippen LogP contribution in [-0.4, -0.2) is 18.2 Å². The zero-order valence-electron chi connectivity index (χ0n) is 9.77. The molecule has 0 spiro atoms. The molecular formula is C13H14O4. The van der Waals surface area contributed by atoms with E-state index >= 15 is 0 Å². The lowest BCUT2D eigenvalue weighted by Crippen LogP contribution is -2.09. The third-order valence-corrected chi connectivity index (χ3v) is 2.79. The SMILES string of the molecule is CCC(C(=O)O)c1cc2cc(OC)ccc2o1. The third kappa shape index (κ3) is 2.11. The van der Waals surface area contributed by atoms with Crippen LogP contribution in [-0.2, 0) is 4.79 Å². The summed E-state index contributed by atoms with van der Waals surface area (Å²) in [5, 5.41) is 9.93. The Bertz CT molecular complexity index is 541. The van der Waals surface area contributed by atoms with Crippen LogP contribution >= 0.6 is 0 Å². The topological polar surface area (TPSA) is 59.7 Å². The number of fused-ring (bicyclic) bond motifs is 1. The van der Waals surface area contributed by atoms with Crippen molar-refractivity contribution in [2.75, 3.05) is 7.11 Å². The molecule has 17 heavy (non-hydrogen) atoms. The van der Waals surface area contributed by atoms with E-state index in [4.69, 9.17) is 14.3 Å². The van der Waals surface area contributed by atoms with E-state index in [9.17, 15) is 4.79 Å². The number of hydrogen-bond donors (Lipinski definition) is 1. The van der Waals surface area contributed by atoms with E-state index in [1.165, 1.54) is 0 Å². The molecule has 4 heteroatoms. The lowest BCUT2D eigenvalue weighted by molar-refractivity contribution is -0.139. The van der Waals surface area contributed by atoms with Gasteiger partial charge in [-0.15, -0.1) is 0 Å². The van der Waals surface area contributed by atoms with E-state index < -0.39 is 11.9 Å². The number of aliphatic carboxylic acids is 1. The van der Waals surface area contributed by atoms with Crippen LogP contribution in [0.5, 0.6) is 5.75 Å². The maximum atomic E-state index is 11.0. The molecule has 4 nitrogen and oxygen atoms in total. The largest absolute Gasteiger partial charge is 0.497 e. The predicted octanol–water partition coefficient (Wildman–Crippen LogP) is 3.02. The quantitative estimate of drug-likeness (QED) is 0.883. The van der Waals surface area contributed by atoms with Gasteiger partial charge in [-0.3, -0.25) is 4.79 Å². The highest BCUT2D eigenvalue weighted by Gasteiger charge is 2.21. The van der Waals surface area contributed by atoms with Gasteiger partial charge in [0.15, 0.2) is 0 Å². The second-order valence-electron chi connectivity index (χ2n) is 3.85. The van der Waals surface area contributed by atoms with Crippen LogP contribution in [0.15, 0.2) is 28.7 Å². The van der Waals surface area contributed by atoms with Crippen LogP contribution in [0.1, 0.15) is 25.0 Å². The number of methoxy groups -OCH3 is 1. The van der Waals surface area contributed by atoms with Crippen molar-refractivity contribution in [3.8, 4) is 5.75 Å². The third-order valence-electron chi connectivity index (χ3n) is 2.79. The highest BCUT2D eigenvalue weighted by Crippen LogP contribution is 2.29. The van der Waals surface area contributed by atoms with E-state index in [0.717, 1.165) is 11.1 Å². The Morgan fingerprint density at radius 2 is 2.24 bits per heavy atom. The summed E-state index contributed by atoms with van der Waals surface area (Å²) < 4.78 is 10.7. The lowest BCUT2D eigenvalue weighted by atomic mass is 10.0. The Labute approximate surface area is 98.8 Å². The van der Waals surface area contributed by atoms with Crippen molar-refractivity contribution in [1.29, 1.82) is 0 Å². The molecule has 0 amide bonds.